The molecule has 1 aromatic heterocycles. The molecular formula is C14H12F2N6O2. The van der Waals surface area contributed by atoms with Crippen LogP contribution in [0.15, 0.2) is 40.8 Å². The topological polar surface area (TPSA) is 126 Å². The van der Waals surface area contributed by atoms with E-state index in [1.54, 1.807) is 0 Å². The van der Waals surface area contributed by atoms with E-state index in [9.17, 15) is 13.6 Å². The number of nitrogens with two attached hydrogens (primary N) is 1. The Balaban J connectivity index is 2.48. The first-order valence-corrected chi connectivity index (χ1v) is 6.47. The van der Waals surface area contributed by atoms with Crippen molar-refractivity contribution in [2.75, 3.05) is 18.2 Å². The number of hydrogen-bond donors (Lipinski definition) is 3. The molecule has 0 spiro atoms. The Hall–Kier alpha value is -3.43. The van der Waals surface area contributed by atoms with Crippen molar-refractivity contribution in [1.82, 2.24) is 4.98 Å². The van der Waals surface area contributed by atoms with Crippen LogP contribution in [0.2, 0.25) is 0 Å². The van der Waals surface area contributed by atoms with Gasteiger partial charge in [-0.15, -0.1) is 5.10 Å². The molecule has 0 saturated carbocycles. The maximum absolute atomic E-state index is 13.8. The molecule has 0 fully saturated rings. The molecule has 0 aliphatic heterocycles. The van der Waals surface area contributed by atoms with Crippen LogP contribution in [0.5, 0.6) is 0 Å². The lowest BCUT2D eigenvalue weighted by Gasteiger charge is -2.12. The molecule has 2 rings (SSSR count). The third kappa shape index (κ3) is 3.48. The quantitative estimate of drug-likeness (QED) is 0.260. The van der Waals surface area contributed by atoms with Crippen LogP contribution in [0.25, 0.3) is 0 Å². The number of esters is 1. The maximum atomic E-state index is 13.8. The van der Waals surface area contributed by atoms with Crippen LogP contribution in [0, 0.1) is 17.2 Å². The van der Waals surface area contributed by atoms with E-state index in [0.29, 0.717) is 0 Å². The summed E-state index contributed by atoms with van der Waals surface area (Å²) in [6.07, 6.45) is 1.18. The Morgan fingerprint density at radius 1 is 1.42 bits per heavy atom. The number of amidine groups is 1. The molecule has 0 bridgehead atoms. The van der Waals surface area contributed by atoms with Crippen molar-refractivity contribution in [2.45, 2.75) is 0 Å². The van der Waals surface area contributed by atoms with Gasteiger partial charge in [-0.25, -0.2) is 18.6 Å². The number of nitrogen functional groups attached to an aromatic ring is 1. The summed E-state index contributed by atoms with van der Waals surface area (Å²) in [5.74, 6) is -3.15. The van der Waals surface area contributed by atoms with Gasteiger partial charge in [-0.1, -0.05) is 11.3 Å². The first-order chi connectivity index (χ1) is 11.5. The first-order valence-electron chi connectivity index (χ1n) is 6.47. The number of pyridine rings is 1. The number of benzene rings is 1. The summed E-state index contributed by atoms with van der Waals surface area (Å²) in [6, 6.07) is 4.76. The molecule has 2 aromatic rings. The van der Waals surface area contributed by atoms with Gasteiger partial charge in [0.15, 0.2) is 17.5 Å². The zero-order chi connectivity index (χ0) is 17.7. The first kappa shape index (κ1) is 16.9. The second-order valence-electron chi connectivity index (χ2n) is 4.42. The molecule has 124 valence electrons. The number of anilines is 2. The number of carbonyl (C=O) groups excluding carboxylic acids is 1. The van der Waals surface area contributed by atoms with Gasteiger partial charge in [-0.2, -0.15) is 5.53 Å². The molecule has 4 N–H and O–H groups in total. The molecular weight excluding hydrogens is 322 g/mol. The highest BCUT2D eigenvalue weighted by Crippen LogP contribution is 2.20. The number of methoxy groups -OCH3 is 1. The van der Waals surface area contributed by atoms with Crippen molar-refractivity contribution in [3.8, 4) is 0 Å². The number of ether oxygens (including phenoxy) is 1. The van der Waals surface area contributed by atoms with E-state index in [-0.39, 0.29) is 28.5 Å². The minimum atomic E-state index is -1.15. The van der Waals surface area contributed by atoms with E-state index < -0.39 is 17.6 Å². The smallest absolute Gasteiger partial charge is 0.339 e. The maximum Gasteiger partial charge on any atom is 0.339 e. The standard InChI is InChI=1S/C14H12F2N6O2/c1-24-14(23)7-5-8(12(17)19-6-7)13(21-22-18)20-10-4-2-3-9(15)11(10)16/h2-6H,1H3,(H2,17,19)(H2,18,20,21). The summed E-state index contributed by atoms with van der Waals surface area (Å²) in [4.78, 5) is 15.4. The summed E-state index contributed by atoms with van der Waals surface area (Å²) in [5, 5.41) is 8.82. The van der Waals surface area contributed by atoms with E-state index in [0.717, 1.165) is 6.07 Å². The number of hydrogen-bond acceptors (Lipinski definition) is 6. The monoisotopic (exact) mass is 334 g/mol. The lowest BCUT2D eigenvalue weighted by molar-refractivity contribution is 0.0600. The summed E-state index contributed by atoms with van der Waals surface area (Å²) < 4.78 is 31.7. The molecule has 0 aliphatic carbocycles. The fourth-order valence-corrected chi connectivity index (χ4v) is 1.82. The fourth-order valence-electron chi connectivity index (χ4n) is 1.82. The van der Waals surface area contributed by atoms with E-state index in [1.165, 1.54) is 31.5 Å². The Bertz CT molecular complexity index is 825. The third-order valence-corrected chi connectivity index (χ3v) is 2.95. The second kappa shape index (κ2) is 7.22. The SMILES string of the molecule is COC(=O)c1cnc(N)c(/C(=N/N=N)Nc2cccc(F)c2F)c1. The Morgan fingerprint density at radius 3 is 2.83 bits per heavy atom. The van der Waals surface area contributed by atoms with Crippen LogP contribution in [0.3, 0.4) is 0 Å². The minimum Gasteiger partial charge on any atom is -0.465 e. The summed E-state index contributed by atoms with van der Waals surface area (Å²) in [7, 11) is 1.19. The predicted octanol–water partition coefficient (Wildman–Crippen LogP) is 2.53. The Kier molecular flexibility index (Phi) is 5.09. The van der Waals surface area contributed by atoms with Crippen LogP contribution in [0.4, 0.5) is 20.3 Å². The predicted molar refractivity (Wildman–Crippen MR) is 81.7 cm³/mol. The van der Waals surface area contributed by atoms with Crippen molar-refractivity contribution < 1.29 is 18.3 Å². The lowest BCUT2D eigenvalue weighted by atomic mass is 10.1. The minimum absolute atomic E-state index is 0.0564. The van der Waals surface area contributed by atoms with Crippen molar-refractivity contribution in [3.63, 3.8) is 0 Å². The molecule has 10 heteroatoms. The van der Waals surface area contributed by atoms with Gasteiger partial charge >= 0.3 is 5.97 Å². The van der Waals surface area contributed by atoms with Gasteiger partial charge in [0.05, 0.1) is 23.9 Å². The molecule has 0 unspecified atom stereocenters. The number of aromatic nitrogens is 1. The van der Waals surface area contributed by atoms with Crippen LogP contribution in [0.1, 0.15) is 15.9 Å². The number of halogens is 2. The van der Waals surface area contributed by atoms with Gasteiger partial charge < -0.3 is 15.8 Å². The highest BCUT2D eigenvalue weighted by molar-refractivity contribution is 6.11. The van der Waals surface area contributed by atoms with Crippen molar-refractivity contribution >= 4 is 23.3 Å². The fraction of sp³-hybridized carbons (Fsp3) is 0.0714. The highest BCUT2D eigenvalue weighted by Gasteiger charge is 2.17. The van der Waals surface area contributed by atoms with Gasteiger partial charge in [-0.3, -0.25) is 0 Å². The molecule has 24 heavy (non-hydrogen) atoms. The molecule has 0 aliphatic rings. The Morgan fingerprint density at radius 2 is 2.17 bits per heavy atom. The van der Waals surface area contributed by atoms with E-state index in [1.807, 2.05) is 0 Å². The Labute approximate surface area is 134 Å². The molecule has 0 amide bonds. The summed E-state index contributed by atoms with van der Waals surface area (Å²) in [5.41, 5.74) is 12.5. The third-order valence-electron chi connectivity index (χ3n) is 2.95. The van der Waals surface area contributed by atoms with Crippen LogP contribution < -0.4 is 11.1 Å². The van der Waals surface area contributed by atoms with Gasteiger partial charge in [0.2, 0.25) is 0 Å². The van der Waals surface area contributed by atoms with Gasteiger partial charge in [0.1, 0.15) is 5.82 Å². The van der Waals surface area contributed by atoms with Gasteiger partial charge in [0, 0.05) is 6.20 Å². The molecule has 0 radical (unpaired) electrons. The summed E-state index contributed by atoms with van der Waals surface area (Å²) in [6.45, 7) is 0. The van der Waals surface area contributed by atoms with E-state index >= 15 is 0 Å². The van der Waals surface area contributed by atoms with Gasteiger partial charge in [0.25, 0.3) is 0 Å². The van der Waals surface area contributed by atoms with Crippen molar-refractivity contribution in [2.24, 2.45) is 10.3 Å². The number of rotatable bonds is 4. The average Bonchev–Trinajstić information content (AvgIpc) is 2.58. The van der Waals surface area contributed by atoms with E-state index in [4.69, 9.17) is 11.3 Å². The normalized spacial score (nSPS) is 11.0. The molecule has 0 saturated heterocycles. The largest absolute Gasteiger partial charge is 0.465 e. The second-order valence-corrected chi connectivity index (χ2v) is 4.42. The summed E-state index contributed by atoms with van der Waals surface area (Å²) >= 11 is 0. The van der Waals surface area contributed by atoms with Crippen LogP contribution in [-0.4, -0.2) is 23.9 Å². The van der Waals surface area contributed by atoms with E-state index in [2.05, 4.69) is 25.4 Å². The average molecular weight is 334 g/mol. The van der Waals surface area contributed by atoms with Crippen LogP contribution in [-0.2, 0) is 4.74 Å². The molecule has 1 aromatic carbocycles. The number of nitrogens with one attached hydrogen (secondary N) is 2. The highest BCUT2D eigenvalue weighted by atomic mass is 19.2. The van der Waals surface area contributed by atoms with Crippen molar-refractivity contribution in [1.29, 1.82) is 5.53 Å². The lowest BCUT2D eigenvalue weighted by Crippen LogP contribution is -2.18. The molecule has 0 atom stereocenters. The number of nitrogens with zero attached hydrogens (tertiary/aromatic N) is 3. The number of carbonyl (C=O) groups is 1. The molecule has 8 nitrogen and oxygen atoms in total. The van der Waals surface area contributed by atoms with Crippen LogP contribution >= 0.6 is 0 Å². The van der Waals surface area contributed by atoms with Gasteiger partial charge in [-0.05, 0) is 18.2 Å². The van der Waals surface area contributed by atoms with Crippen molar-refractivity contribution in [3.05, 3.63) is 53.2 Å². The zero-order valence-electron chi connectivity index (χ0n) is 12.4. The molecule has 1 heterocycles. The zero-order valence-corrected chi connectivity index (χ0v) is 12.4.